The van der Waals surface area contributed by atoms with E-state index in [0.717, 1.165) is 40.1 Å². The standard InChI is InChI=1S/C15H17BrFN3/c1-9-14(16)13(20(2)19-9)8-12(17)11-5-3-4-10-6-7-18-15(10)11/h3-5,12,18H,6-8H2,1-2H3. The summed E-state index contributed by atoms with van der Waals surface area (Å²) in [6.45, 7) is 2.82. The number of aryl methyl sites for hydroxylation is 2. The average Bonchev–Trinajstić information content (AvgIpc) is 2.99. The van der Waals surface area contributed by atoms with Crippen LogP contribution in [-0.2, 0) is 19.9 Å². The number of fused-ring (bicyclic) bond motifs is 1. The molecule has 1 aromatic heterocycles. The minimum atomic E-state index is -1.03. The Labute approximate surface area is 126 Å². The number of hydrogen-bond acceptors (Lipinski definition) is 2. The highest BCUT2D eigenvalue weighted by Crippen LogP contribution is 2.35. The maximum atomic E-state index is 14.7. The third kappa shape index (κ3) is 2.24. The fourth-order valence-electron chi connectivity index (χ4n) is 2.81. The molecule has 0 radical (unpaired) electrons. The van der Waals surface area contributed by atoms with E-state index < -0.39 is 6.17 Å². The smallest absolute Gasteiger partial charge is 0.133 e. The lowest BCUT2D eigenvalue weighted by molar-refractivity contribution is 0.336. The van der Waals surface area contributed by atoms with Crippen molar-refractivity contribution in [2.75, 3.05) is 11.9 Å². The molecule has 0 saturated carbocycles. The van der Waals surface area contributed by atoms with Crippen LogP contribution in [0.4, 0.5) is 10.1 Å². The number of rotatable bonds is 3. The van der Waals surface area contributed by atoms with Gasteiger partial charge < -0.3 is 5.32 Å². The fourth-order valence-corrected chi connectivity index (χ4v) is 3.31. The summed E-state index contributed by atoms with van der Waals surface area (Å²) in [5, 5.41) is 7.61. The Morgan fingerprint density at radius 2 is 2.30 bits per heavy atom. The number of nitrogens with one attached hydrogen (secondary N) is 1. The first kappa shape index (κ1) is 13.6. The molecule has 2 heterocycles. The maximum Gasteiger partial charge on any atom is 0.133 e. The van der Waals surface area contributed by atoms with Gasteiger partial charge in [-0.15, -0.1) is 0 Å². The summed E-state index contributed by atoms with van der Waals surface area (Å²) < 4.78 is 17.4. The molecule has 1 aromatic carbocycles. The summed E-state index contributed by atoms with van der Waals surface area (Å²) in [4.78, 5) is 0. The van der Waals surface area contributed by atoms with Crippen molar-refractivity contribution in [3.63, 3.8) is 0 Å². The van der Waals surface area contributed by atoms with Crippen LogP contribution in [0.5, 0.6) is 0 Å². The van der Waals surface area contributed by atoms with Gasteiger partial charge in [-0.1, -0.05) is 18.2 Å². The molecule has 5 heteroatoms. The Bertz CT molecular complexity index is 651. The van der Waals surface area contributed by atoms with E-state index >= 15 is 0 Å². The van der Waals surface area contributed by atoms with Crippen LogP contribution >= 0.6 is 15.9 Å². The first-order valence-corrected chi connectivity index (χ1v) is 7.55. The molecule has 0 aliphatic carbocycles. The number of para-hydroxylation sites is 1. The molecule has 1 unspecified atom stereocenters. The number of alkyl halides is 1. The Morgan fingerprint density at radius 3 is 3.00 bits per heavy atom. The molecule has 1 N–H and O–H groups in total. The summed E-state index contributed by atoms with van der Waals surface area (Å²) >= 11 is 3.50. The molecule has 0 saturated heterocycles. The number of nitrogens with zero attached hydrogens (tertiary/aromatic N) is 2. The van der Waals surface area contributed by atoms with E-state index in [0.29, 0.717) is 6.42 Å². The van der Waals surface area contributed by atoms with Gasteiger partial charge in [-0.2, -0.15) is 5.10 Å². The van der Waals surface area contributed by atoms with Gasteiger partial charge >= 0.3 is 0 Å². The third-order valence-corrected chi connectivity index (χ3v) is 4.88. The fraction of sp³-hybridized carbons (Fsp3) is 0.400. The lowest BCUT2D eigenvalue weighted by Gasteiger charge is -2.14. The number of anilines is 1. The van der Waals surface area contributed by atoms with Gasteiger partial charge in [0.15, 0.2) is 0 Å². The van der Waals surface area contributed by atoms with E-state index in [2.05, 4.69) is 32.4 Å². The van der Waals surface area contributed by atoms with Crippen LogP contribution in [-0.4, -0.2) is 16.3 Å². The Morgan fingerprint density at radius 1 is 1.50 bits per heavy atom. The van der Waals surface area contributed by atoms with E-state index in [1.807, 2.05) is 26.1 Å². The van der Waals surface area contributed by atoms with E-state index in [-0.39, 0.29) is 0 Å². The molecule has 1 aliphatic rings. The van der Waals surface area contributed by atoms with Gasteiger partial charge in [-0.25, -0.2) is 4.39 Å². The quantitative estimate of drug-likeness (QED) is 0.925. The molecule has 3 rings (SSSR count). The highest BCUT2D eigenvalue weighted by molar-refractivity contribution is 9.10. The van der Waals surface area contributed by atoms with Crippen molar-refractivity contribution in [2.45, 2.75) is 25.9 Å². The lowest BCUT2D eigenvalue weighted by atomic mass is 10.0. The number of hydrogen-bond donors (Lipinski definition) is 1. The van der Waals surface area contributed by atoms with Crippen LogP contribution in [0, 0.1) is 6.92 Å². The Hall–Kier alpha value is -1.36. The summed E-state index contributed by atoms with van der Waals surface area (Å²) in [5.41, 5.74) is 4.74. The van der Waals surface area contributed by atoms with Gasteiger partial charge in [0.05, 0.1) is 15.9 Å². The van der Waals surface area contributed by atoms with Gasteiger partial charge in [0.2, 0.25) is 0 Å². The summed E-state index contributed by atoms with van der Waals surface area (Å²) in [5.74, 6) is 0. The first-order chi connectivity index (χ1) is 9.58. The zero-order valence-corrected chi connectivity index (χ0v) is 13.2. The molecule has 1 atom stereocenters. The van der Waals surface area contributed by atoms with Crippen molar-refractivity contribution >= 4 is 21.6 Å². The molecular weight excluding hydrogens is 321 g/mol. The molecule has 3 nitrogen and oxygen atoms in total. The van der Waals surface area contributed by atoms with Crippen molar-refractivity contribution < 1.29 is 4.39 Å². The molecule has 106 valence electrons. The largest absolute Gasteiger partial charge is 0.384 e. The zero-order valence-electron chi connectivity index (χ0n) is 11.6. The van der Waals surface area contributed by atoms with Crippen LogP contribution in [0.25, 0.3) is 0 Å². The monoisotopic (exact) mass is 337 g/mol. The Kier molecular flexibility index (Phi) is 3.54. The van der Waals surface area contributed by atoms with E-state index in [9.17, 15) is 4.39 Å². The SMILES string of the molecule is Cc1nn(C)c(CC(F)c2cccc3c2NCC3)c1Br. The molecule has 0 bridgehead atoms. The molecule has 0 amide bonds. The van der Waals surface area contributed by atoms with Crippen LogP contribution in [0.3, 0.4) is 0 Å². The van der Waals surface area contributed by atoms with Gasteiger partial charge in [-0.05, 0) is 34.8 Å². The highest BCUT2D eigenvalue weighted by Gasteiger charge is 2.23. The van der Waals surface area contributed by atoms with Crippen molar-refractivity contribution in [3.8, 4) is 0 Å². The van der Waals surface area contributed by atoms with Crippen LogP contribution in [0.1, 0.15) is 28.7 Å². The Balaban J connectivity index is 1.90. The normalized spacial score (nSPS) is 15.0. The van der Waals surface area contributed by atoms with E-state index in [1.165, 1.54) is 5.56 Å². The van der Waals surface area contributed by atoms with Crippen molar-refractivity contribution in [1.29, 1.82) is 0 Å². The average molecular weight is 338 g/mol. The number of aromatic nitrogens is 2. The maximum absolute atomic E-state index is 14.7. The minimum absolute atomic E-state index is 0.329. The molecule has 1 aliphatic heterocycles. The zero-order chi connectivity index (χ0) is 14.3. The van der Waals surface area contributed by atoms with Gasteiger partial charge in [0.25, 0.3) is 0 Å². The summed E-state index contributed by atoms with van der Waals surface area (Å²) in [6.07, 6.45) is 0.280. The summed E-state index contributed by atoms with van der Waals surface area (Å²) in [7, 11) is 1.85. The summed E-state index contributed by atoms with van der Waals surface area (Å²) in [6, 6.07) is 5.88. The molecule has 2 aromatic rings. The lowest BCUT2D eigenvalue weighted by Crippen LogP contribution is -2.06. The van der Waals surface area contributed by atoms with Crippen molar-refractivity contribution in [2.24, 2.45) is 7.05 Å². The number of halogens is 2. The molecule has 0 fully saturated rings. The van der Waals surface area contributed by atoms with Gasteiger partial charge in [0, 0.05) is 31.3 Å². The van der Waals surface area contributed by atoms with Crippen LogP contribution in [0.2, 0.25) is 0 Å². The van der Waals surface area contributed by atoms with E-state index in [4.69, 9.17) is 0 Å². The second-order valence-corrected chi connectivity index (χ2v) is 5.99. The van der Waals surface area contributed by atoms with Crippen LogP contribution in [0.15, 0.2) is 22.7 Å². The predicted octanol–water partition coefficient (Wildman–Crippen LogP) is 3.71. The first-order valence-electron chi connectivity index (χ1n) is 6.75. The van der Waals surface area contributed by atoms with Gasteiger partial charge in [0.1, 0.15) is 6.17 Å². The third-order valence-electron chi connectivity index (χ3n) is 3.85. The molecule has 0 spiro atoms. The minimum Gasteiger partial charge on any atom is -0.384 e. The van der Waals surface area contributed by atoms with Gasteiger partial charge in [-0.3, -0.25) is 4.68 Å². The van der Waals surface area contributed by atoms with Crippen LogP contribution < -0.4 is 5.32 Å². The highest BCUT2D eigenvalue weighted by atomic mass is 79.9. The van der Waals surface area contributed by atoms with Crippen molar-refractivity contribution in [1.82, 2.24) is 9.78 Å². The number of benzene rings is 1. The molecular formula is C15H17BrFN3. The predicted molar refractivity (Wildman–Crippen MR) is 81.8 cm³/mol. The molecule has 20 heavy (non-hydrogen) atoms. The second-order valence-electron chi connectivity index (χ2n) is 5.20. The van der Waals surface area contributed by atoms with E-state index in [1.54, 1.807) is 4.68 Å². The topological polar surface area (TPSA) is 29.9 Å². The van der Waals surface area contributed by atoms with Crippen molar-refractivity contribution in [3.05, 3.63) is 45.2 Å². The second kappa shape index (κ2) is 5.20.